The number of aromatic nitrogens is 3. The predicted molar refractivity (Wildman–Crippen MR) is 110 cm³/mol. The maximum atomic E-state index is 15.1. The fraction of sp³-hybridized carbons (Fsp3) is 0.238. The van der Waals surface area contributed by atoms with E-state index in [0.29, 0.717) is 16.7 Å². The fourth-order valence-electron chi connectivity index (χ4n) is 3.16. The number of rotatable bonds is 4. The van der Waals surface area contributed by atoms with Crippen molar-refractivity contribution in [3.63, 3.8) is 0 Å². The van der Waals surface area contributed by atoms with Crippen LogP contribution in [-0.4, -0.2) is 19.9 Å². The second kappa shape index (κ2) is 8.13. The van der Waals surface area contributed by atoms with Gasteiger partial charge in [0.1, 0.15) is 17.5 Å². The third-order valence-electron chi connectivity index (χ3n) is 4.82. The summed E-state index contributed by atoms with van der Waals surface area (Å²) >= 11 is 6.40. The highest BCUT2D eigenvalue weighted by atomic mass is 35.5. The Morgan fingerprint density at radius 3 is 2.67 bits per heavy atom. The first-order valence-corrected chi connectivity index (χ1v) is 9.45. The van der Waals surface area contributed by atoms with Gasteiger partial charge in [-0.05, 0) is 53.6 Å². The molecule has 1 heterocycles. The van der Waals surface area contributed by atoms with Gasteiger partial charge in [-0.2, -0.15) is 9.94 Å². The predicted octanol–water partition coefficient (Wildman–Crippen LogP) is 3.31. The maximum Gasteiger partial charge on any atom is 0.349 e. The monoisotopic (exact) mass is 428 g/mol. The molecule has 0 saturated carbocycles. The Morgan fingerprint density at radius 2 is 2.03 bits per heavy atom. The molecule has 9 heteroatoms. The number of nitrogens with zero attached hydrogens (tertiary/aromatic N) is 3. The molecule has 0 bridgehead atoms. The van der Waals surface area contributed by atoms with Crippen molar-refractivity contribution in [1.82, 2.24) is 14.8 Å². The van der Waals surface area contributed by atoms with E-state index in [4.69, 9.17) is 16.9 Å². The van der Waals surface area contributed by atoms with Crippen molar-refractivity contribution in [2.75, 3.05) is 0 Å². The Bertz CT molecular complexity index is 1310. The van der Waals surface area contributed by atoms with E-state index in [-0.39, 0.29) is 27.9 Å². The van der Waals surface area contributed by atoms with Crippen molar-refractivity contribution < 1.29 is 9.50 Å². The fourth-order valence-corrected chi connectivity index (χ4v) is 3.47. The molecule has 3 aromatic rings. The molecule has 0 radical (unpaired) electrons. The standard InChI is InChI=1S/C21H18ClFN4O3/c1-10(2)13-6-12(4-5-18(13)28)7-14-11(3)19(23)17(8-15(14)22)27-21(30)25-20(29)16(9-24)26-27/h4-6,8,10,28H,7H2,1-3H3,(H,25,29,30). The molecule has 0 aliphatic carbocycles. The highest BCUT2D eigenvalue weighted by Gasteiger charge is 2.19. The number of hydrogen-bond acceptors (Lipinski definition) is 5. The summed E-state index contributed by atoms with van der Waals surface area (Å²) in [4.78, 5) is 25.6. The molecule has 0 fully saturated rings. The number of H-pyrrole nitrogens is 1. The van der Waals surface area contributed by atoms with Crippen LogP contribution in [0.3, 0.4) is 0 Å². The van der Waals surface area contributed by atoms with E-state index in [9.17, 15) is 14.7 Å². The lowest BCUT2D eigenvalue weighted by molar-refractivity contribution is 0.464. The van der Waals surface area contributed by atoms with Crippen LogP contribution in [0.2, 0.25) is 5.02 Å². The molecule has 30 heavy (non-hydrogen) atoms. The summed E-state index contributed by atoms with van der Waals surface area (Å²) in [5.41, 5.74) is -0.463. The molecule has 2 aromatic carbocycles. The van der Waals surface area contributed by atoms with E-state index >= 15 is 4.39 Å². The number of halogens is 2. The van der Waals surface area contributed by atoms with Gasteiger partial charge in [-0.3, -0.25) is 9.78 Å². The van der Waals surface area contributed by atoms with Crippen LogP contribution < -0.4 is 11.2 Å². The Kier molecular flexibility index (Phi) is 5.76. The van der Waals surface area contributed by atoms with Gasteiger partial charge < -0.3 is 5.11 Å². The molecule has 0 atom stereocenters. The highest BCUT2D eigenvalue weighted by molar-refractivity contribution is 6.31. The molecule has 0 saturated heterocycles. The summed E-state index contributed by atoms with van der Waals surface area (Å²) in [5.74, 6) is -0.453. The van der Waals surface area contributed by atoms with Crippen molar-refractivity contribution in [3.8, 4) is 17.5 Å². The third-order valence-corrected chi connectivity index (χ3v) is 5.15. The molecule has 0 amide bonds. The summed E-state index contributed by atoms with van der Waals surface area (Å²) in [6, 6.07) is 7.95. The second-order valence-electron chi connectivity index (χ2n) is 7.15. The summed E-state index contributed by atoms with van der Waals surface area (Å²) < 4.78 is 15.8. The normalized spacial score (nSPS) is 11.0. The number of nitriles is 1. The van der Waals surface area contributed by atoms with Crippen molar-refractivity contribution in [3.05, 3.63) is 83.9 Å². The zero-order valence-corrected chi connectivity index (χ0v) is 17.2. The zero-order valence-electron chi connectivity index (χ0n) is 16.5. The van der Waals surface area contributed by atoms with Crippen LogP contribution in [0.25, 0.3) is 5.69 Å². The molecule has 0 spiro atoms. The number of nitrogens with one attached hydrogen (secondary N) is 1. The van der Waals surface area contributed by atoms with Crippen molar-refractivity contribution in [1.29, 1.82) is 5.26 Å². The van der Waals surface area contributed by atoms with E-state index in [1.165, 1.54) is 13.0 Å². The van der Waals surface area contributed by atoms with Crippen LogP contribution in [0.4, 0.5) is 4.39 Å². The lowest BCUT2D eigenvalue weighted by atomic mass is 9.94. The summed E-state index contributed by atoms with van der Waals surface area (Å²) in [5, 5.41) is 22.8. The van der Waals surface area contributed by atoms with Crippen LogP contribution in [0.5, 0.6) is 5.75 Å². The van der Waals surface area contributed by atoms with E-state index in [1.54, 1.807) is 18.2 Å². The number of aromatic amines is 1. The van der Waals surface area contributed by atoms with E-state index in [2.05, 4.69) is 5.10 Å². The SMILES string of the molecule is Cc1c(F)c(-n2nc(C#N)c(=O)[nH]c2=O)cc(Cl)c1Cc1ccc(O)c(C(C)C)c1. The minimum Gasteiger partial charge on any atom is -0.508 e. The van der Waals surface area contributed by atoms with Crippen molar-refractivity contribution in [2.45, 2.75) is 33.1 Å². The molecule has 0 aliphatic heterocycles. The minimum absolute atomic E-state index is 0.105. The van der Waals surface area contributed by atoms with Crippen LogP contribution >= 0.6 is 11.6 Å². The van der Waals surface area contributed by atoms with Gasteiger partial charge in [0.15, 0.2) is 5.82 Å². The first-order valence-electron chi connectivity index (χ1n) is 9.07. The average Bonchev–Trinajstić information content (AvgIpc) is 2.69. The van der Waals surface area contributed by atoms with Crippen LogP contribution in [0.15, 0.2) is 33.9 Å². The van der Waals surface area contributed by atoms with Gasteiger partial charge in [0.2, 0.25) is 5.69 Å². The van der Waals surface area contributed by atoms with E-state index < -0.39 is 22.8 Å². The molecular weight excluding hydrogens is 411 g/mol. The van der Waals surface area contributed by atoms with Crippen LogP contribution in [-0.2, 0) is 6.42 Å². The maximum absolute atomic E-state index is 15.1. The molecule has 2 N–H and O–H groups in total. The summed E-state index contributed by atoms with van der Waals surface area (Å²) in [6.07, 6.45) is 0.305. The number of hydrogen-bond donors (Lipinski definition) is 2. The highest BCUT2D eigenvalue weighted by Crippen LogP contribution is 2.31. The molecule has 3 rings (SSSR count). The van der Waals surface area contributed by atoms with Gasteiger partial charge in [-0.25, -0.2) is 9.18 Å². The lowest BCUT2D eigenvalue weighted by Crippen LogP contribution is -2.33. The zero-order chi connectivity index (χ0) is 22.2. The summed E-state index contributed by atoms with van der Waals surface area (Å²) in [7, 11) is 0. The molecule has 154 valence electrons. The van der Waals surface area contributed by atoms with Crippen LogP contribution in [0, 0.1) is 24.1 Å². The average molecular weight is 429 g/mol. The Hall–Kier alpha value is -3.44. The van der Waals surface area contributed by atoms with Gasteiger partial charge in [-0.15, -0.1) is 5.10 Å². The summed E-state index contributed by atoms with van der Waals surface area (Å²) in [6.45, 7) is 5.43. The molecule has 7 nitrogen and oxygen atoms in total. The number of phenols is 1. The minimum atomic E-state index is -0.985. The largest absolute Gasteiger partial charge is 0.508 e. The Labute approximate surface area is 176 Å². The van der Waals surface area contributed by atoms with Gasteiger partial charge >= 0.3 is 5.69 Å². The van der Waals surface area contributed by atoms with Gasteiger partial charge in [0.05, 0.1) is 0 Å². The second-order valence-corrected chi connectivity index (χ2v) is 7.56. The molecule has 1 aromatic heterocycles. The first kappa shape index (κ1) is 21.3. The van der Waals surface area contributed by atoms with E-state index in [1.807, 2.05) is 24.9 Å². The molecular formula is C21H18ClFN4O3. The Balaban J connectivity index is 2.11. The molecule has 0 unspecified atom stereocenters. The van der Waals surface area contributed by atoms with Gasteiger partial charge in [0, 0.05) is 5.02 Å². The topological polar surface area (TPSA) is 112 Å². The van der Waals surface area contributed by atoms with E-state index in [0.717, 1.165) is 11.1 Å². The number of aromatic hydroxyl groups is 1. The number of phenolic OH excluding ortho intramolecular Hbond substituents is 1. The number of benzene rings is 2. The van der Waals surface area contributed by atoms with Crippen LogP contribution in [0.1, 0.15) is 47.7 Å². The Morgan fingerprint density at radius 1 is 1.33 bits per heavy atom. The third kappa shape index (κ3) is 3.84. The lowest BCUT2D eigenvalue weighted by Gasteiger charge is -2.15. The smallest absolute Gasteiger partial charge is 0.349 e. The van der Waals surface area contributed by atoms with Crippen molar-refractivity contribution in [2.24, 2.45) is 0 Å². The first-order chi connectivity index (χ1) is 14.1. The van der Waals surface area contributed by atoms with Gasteiger partial charge in [0.25, 0.3) is 5.56 Å². The quantitative estimate of drug-likeness (QED) is 0.662. The van der Waals surface area contributed by atoms with Gasteiger partial charge in [-0.1, -0.05) is 37.6 Å². The van der Waals surface area contributed by atoms with Crippen molar-refractivity contribution >= 4 is 11.6 Å². The molecule has 0 aliphatic rings.